The molecular formula is C35H20F2O2. The van der Waals surface area contributed by atoms with Crippen molar-refractivity contribution in [3.63, 3.8) is 0 Å². The first-order valence-corrected chi connectivity index (χ1v) is 12.0. The van der Waals surface area contributed by atoms with Gasteiger partial charge in [-0.25, -0.2) is 0 Å². The molecule has 39 heavy (non-hydrogen) atoms. The minimum Gasteiger partial charge on any atom is -0.289 e. The molecule has 186 valence electrons. The average molecular weight is 511 g/mol. The van der Waals surface area contributed by atoms with Crippen molar-refractivity contribution < 1.29 is 18.4 Å². The van der Waals surface area contributed by atoms with E-state index in [1.54, 1.807) is 72.8 Å². The highest BCUT2D eigenvalue weighted by molar-refractivity contribution is 6.04. The van der Waals surface area contributed by atoms with E-state index in [9.17, 15) is 9.59 Å². The Morgan fingerprint density at radius 2 is 0.897 bits per heavy atom. The highest BCUT2D eigenvalue weighted by Gasteiger charge is 2.44. The minimum absolute atomic E-state index is 0.0937. The van der Waals surface area contributed by atoms with Gasteiger partial charge in [0.2, 0.25) is 0 Å². The second-order valence-corrected chi connectivity index (χ2v) is 8.89. The van der Waals surface area contributed by atoms with Crippen molar-refractivity contribution in [3.8, 4) is 34.8 Å². The summed E-state index contributed by atoms with van der Waals surface area (Å²) in [4.78, 5) is 23.4. The van der Waals surface area contributed by atoms with Crippen LogP contribution in [0.15, 0.2) is 110 Å². The SMILES string of the molecule is C=CC(=O)c1ccc(C#Cc2ccc3c(c2)C(F)(F)c2cc(C#Cc4ccc(C(=O)C=C)cc4)ccc2-3)cc1. The number of rotatable bonds is 4. The molecule has 0 aromatic heterocycles. The van der Waals surface area contributed by atoms with Crippen LogP contribution in [-0.2, 0) is 5.92 Å². The van der Waals surface area contributed by atoms with Crippen LogP contribution in [0.1, 0.15) is 54.1 Å². The summed E-state index contributed by atoms with van der Waals surface area (Å²) in [7, 11) is 0. The number of hydrogen-bond donors (Lipinski definition) is 0. The summed E-state index contributed by atoms with van der Waals surface area (Å²) in [6.45, 7) is 6.94. The number of allylic oxidation sites excluding steroid dienone is 2. The van der Waals surface area contributed by atoms with Crippen molar-refractivity contribution >= 4 is 11.6 Å². The van der Waals surface area contributed by atoms with Crippen LogP contribution in [0.4, 0.5) is 8.78 Å². The van der Waals surface area contributed by atoms with Gasteiger partial charge in [-0.1, -0.05) is 49.0 Å². The molecule has 0 aliphatic heterocycles. The van der Waals surface area contributed by atoms with Crippen molar-refractivity contribution in [2.45, 2.75) is 5.92 Å². The first-order chi connectivity index (χ1) is 18.8. The van der Waals surface area contributed by atoms with Crippen LogP contribution in [0.3, 0.4) is 0 Å². The molecule has 0 saturated heterocycles. The number of halogens is 2. The third kappa shape index (κ3) is 4.97. The van der Waals surface area contributed by atoms with Gasteiger partial charge in [0.25, 0.3) is 5.92 Å². The Hall–Kier alpha value is -5.32. The molecule has 0 unspecified atom stereocenters. The second kappa shape index (κ2) is 10.2. The first kappa shape index (κ1) is 25.3. The first-order valence-electron chi connectivity index (χ1n) is 12.0. The molecule has 0 bridgehead atoms. The lowest BCUT2D eigenvalue weighted by molar-refractivity contribution is 0.0479. The van der Waals surface area contributed by atoms with Gasteiger partial charge in [0.15, 0.2) is 11.6 Å². The van der Waals surface area contributed by atoms with Crippen molar-refractivity contribution in [3.05, 3.63) is 155 Å². The molecule has 4 aromatic carbocycles. The van der Waals surface area contributed by atoms with Crippen LogP contribution in [0.25, 0.3) is 11.1 Å². The molecule has 0 amide bonds. The zero-order chi connectivity index (χ0) is 27.6. The van der Waals surface area contributed by atoms with Gasteiger partial charge in [0, 0.05) is 44.5 Å². The number of fused-ring (bicyclic) bond motifs is 3. The van der Waals surface area contributed by atoms with Gasteiger partial charge in [-0.15, -0.1) is 0 Å². The molecule has 4 heteroatoms. The molecule has 1 aliphatic rings. The van der Waals surface area contributed by atoms with Crippen molar-refractivity contribution in [2.75, 3.05) is 0 Å². The summed E-state index contributed by atoms with van der Waals surface area (Å²) in [6, 6.07) is 23.1. The van der Waals surface area contributed by atoms with Crippen LogP contribution in [-0.4, -0.2) is 11.6 Å². The van der Waals surface area contributed by atoms with E-state index in [1.165, 1.54) is 24.3 Å². The van der Waals surface area contributed by atoms with Gasteiger partial charge in [-0.05, 0) is 96.1 Å². The number of hydrogen-bond acceptors (Lipinski definition) is 2. The molecule has 0 N–H and O–H groups in total. The van der Waals surface area contributed by atoms with E-state index in [4.69, 9.17) is 0 Å². The molecule has 0 atom stereocenters. The monoisotopic (exact) mass is 510 g/mol. The molecule has 0 fully saturated rings. The molecule has 4 aromatic rings. The fourth-order valence-corrected chi connectivity index (χ4v) is 4.34. The topological polar surface area (TPSA) is 34.1 Å². The smallest absolute Gasteiger partial charge is 0.289 e. The fourth-order valence-electron chi connectivity index (χ4n) is 4.34. The lowest BCUT2D eigenvalue weighted by Gasteiger charge is -2.12. The molecule has 5 rings (SSSR count). The highest BCUT2D eigenvalue weighted by Crippen LogP contribution is 2.51. The molecule has 1 aliphatic carbocycles. The van der Waals surface area contributed by atoms with Gasteiger partial charge >= 0.3 is 0 Å². The summed E-state index contributed by atoms with van der Waals surface area (Å²) in [5.74, 6) is 8.26. The van der Waals surface area contributed by atoms with Crippen LogP contribution >= 0.6 is 0 Å². The Morgan fingerprint density at radius 1 is 0.564 bits per heavy atom. The van der Waals surface area contributed by atoms with Crippen molar-refractivity contribution in [2.24, 2.45) is 0 Å². The Morgan fingerprint density at radius 3 is 1.26 bits per heavy atom. The molecule has 0 radical (unpaired) electrons. The van der Waals surface area contributed by atoms with Crippen LogP contribution in [0.5, 0.6) is 0 Å². The van der Waals surface area contributed by atoms with Crippen LogP contribution in [0.2, 0.25) is 0 Å². The standard InChI is InChI=1S/C35H20F2O2/c1-3-33(38)27-15-9-23(10-16-27)5-7-25-13-19-29-30-20-14-26(22-32(30)35(36,37)31(29)21-25)8-6-24-11-17-28(18-12-24)34(39)4-2/h3-4,9-22H,1-2H2. The van der Waals surface area contributed by atoms with E-state index >= 15 is 8.78 Å². The summed E-state index contributed by atoms with van der Waals surface area (Å²) in [6.07, 6.45) is 2.48. The molecule has 0 spiro atoms. The van der Waals surface area contributed by atoms with Gasteiger partial charge in [0.05, 0.1) is 0 Å². The van der Waals surface area contributed by atoms with E-state index in [-0.39, 0.29) is 22.7 Å². The van der Waals surface area contributed by atoms with Gasteiger partial charge < -0.3 is 0 Å². The lowest BCUT2D eigenvalue weighted by Crippen LogP contribution is -2.11. The van der Waals surface area contributed by atoms with Crippen LogP contribution in [0, 0.1) is 23.7 Å². The Balaban J connectivity index is 1.40. The number of benzene rings is 4. The molecule has 0 saturated carbocycles. The van der Waals surface area contributed by atoms with E-state index in [0.29, 0.717) is 44.5 Å². The molecule has 0 heterocycles. The summed E-state index contributed by atoms with van der Waals surface area (Å²) in [5, 5.41) is 0. The normalized spacial score (nSPS) is 12.1. The number of alkyl halides is 2. The predicted octanol–water partition coefficient (Wildman–Crippen LogP) is 7.34. The van der Waals surface area contributed by atoms with E-state index in [2.05, 4.69) is 36.8 Å². The Kier molecular flexibility index (Phi) is 6.63. The van der Waals surface area contributed by atoms with Crippen molar-refractivity contribution in [1.29, 1.82) is 0 Å². The zero-order valence-electron chi connectivity index (χ0n) is 20.7. The summed E-state index contributed by atoms with van der Waals surface area (Å²) in [5.41, 5.74) is 4.02. The fraction of sp³-hybridized carbons (Fsp3) is 0.0286. The minimum atomic E-state index is -3.19. The highest BCUT2D eigenvalue weighted by atomic mass is 19.3. The lowest BCUT2D eigenvalue weighted by atomic mass is 10.0. The van der Waals surface area contributed by atoms with E-state index in [0.717, 1.165) is 0 Å². The maximum absolute atomic E-state index is 15.5. The summed E-state index contributed by atoms with van der Waals surface area (Å²) < 4.78 is 31.1. The summed E-state index contributed by atoms with van der Waals surface area (Å²) >= 11 is 0. The third-order valence-corrected chi connectivity index (χ3v) is 6.42. The maximum atomic E-state index is 15.5. The largest absolute Gasteiger partial charge is 0.299 e. The quantitative estimate of drug-likeness (QED) is 0.164. The zero-order valence-corrected chi connectivity index (χ0v) is 20.7. The number of carbonyl (C=O) groups excluding carboxylic acids is 2. The van der Waals surface area contributed by atoms with Gasteiger partial charge in [0.1, 0.15) is 0 Å². The van der Waals surface area contributed by atoms with Crippen molar-refractivity contribution in [1.82, 2.24) is 0 Å². The Labute approximate surface area is 225 Å². The predicted molar refractivity (Wildman–Crippen MR) is 149 cm³/mol. The average Bonchev–Trinajstić information content (AvgIpc) is 3.20. The maximum Gasteiger partial charge on any atom is 0.299 e. The van der Waals surface area contributed by atoms with E-state index < -0.39 is 5.92 Å². The molecule has 2 nitrogen and oxygen atoms in total. The Bertz CT molecular complexity index is 1650. The van der Waals surface area contributed by atoms with Gasteiger partial charge in [-0.3, -0.25) is 9.59 Å². The van der Waals surface area contributed by atoms with E-state index in [1.807, 2.05) is 0 Å². The van der Waals surface area contributed by atoms with Crippen LogP contribution < -0.4 is 0 Å². The number of carbonyl (C=O) groups is 2. The third-order valence-electron chi connectivity index (χ3n) is 6.42. The number of ketones is 2. The van der Waals surface area contributed by atoms with Gasteiger partial charge in [-0.2, -0.15) is 8.78 Å². The molecular weight excluding hydrogens is 490 g/mol. The second-order valence-electron chi connectivity index (χ2n) is 8.89.